The lowest BCUT2D eigenvalue weighted by Gasteiger charge is -2.27. The molecular weight excluding hydrogens is 375 g/mol. The van der Waals surface area contributed by atoms with Crippen molar-refractivity contribution in [1.29, 1.82) is 0 Å². The van der Waals surface area contributed by atoms with E-state index in [0.29, 0.717) is 18.1 Å². The standard InChI is InChI=1S/C18H20BrO3P/c1-18(2,3)23(20)12-22-16-14(19)9-10-15(17(16)23)21-11-13-7-5-4-6-8-13/h4-10H,11-12H2,1-3H3. The number of rotatable bonds is 3. The molecule has 122 valence electrons. The summed E-state index contributed by atoms with van der Waals surface area (Å²) in [5.74, 6) is 1.32. The van der Waals surface area contributed by atoms with Gasteiger partial charge in [-0.2, -0.15) is 0 Å². The molecule has 0 radical (unpaired) electrons. The van der Waals surface area contributed by atoms with Crippen molar-refractivity contribution < 1.29 is 14.0 Å². The third-order valence-corrected chi connectivity index (χ3v) is 8.55. The van der Waals surface area contributed by atoms with Gasteiger partial charge in [-0.15, -0.1) is 0 Å². The number of ether oxygens (including phenoxy) is 2. The average molecular weight is 395 g/mol. The molecule has 0 fully saturated rings. The molecule has 0 saturated heterocycles. The van der Waals surface area contributed by atoms with Crippen LogP contribution in [0.3, 0.4) is 0 Å². The van der Waals surface area contributed by atoms with Gasteiger partial charge in [0.1, 0.15) is 29.8 Å². The first-order valence-corrected chi connectivity index (χ1v) is 10.2. The third-order valence-electron chi connectivity index (χ3n) is 4.12. The van der Waals surface area contributed by atoms with Crippen LogP contribution in [0, 0.1) is 0 Å². The highest BCUT2D eigenvalue weighted by atomic mass is 79.9. The van der Waals surface area contributed by atoms with Gasteiger partial charge >= 0.3 is 0 Å². The summed E-state index contributed by atoms with van der Waals surface area (Å²) in [6.45, 7) is 6.43. The molecule has 0 aliphatic carbocycles. The average Bonchev–Trinajstić information content (AvgIpc) is 2.88. The minimum absolute atomic E-state index is 0.232. The summed E-state index contributed by atoms with van der Waals surface area (Å²) in [7, 11) is -2.71. The van der Waals surface area contributed by atoms with Gasteiger partial charge in [0.2, 0.25) is 0 Å². The van der Waals surface area contributed by atoms with Crippen LogP contribution < -0.4 is 14.8 Å². The molecule has 1 heterocycles. The molecule has 1 unspecified atom stereocenters. The van der Waals surface area contributed by atoms with E-state index in [2.05, 4.69) is 15.9 Å². The molecule has 3 nitrogen and oxygen atoms in total. The first-order chi connectivity index (χ1) is 10.8. The van der Waals surface area contributed by atoms with Crippen molar-refractivity contribution in [2.75, 3.05) is 6.35 Å². The van der Waals surface area contributed by atoms with Gasteiger partial charge in [-0.25, -0.2) is 0 Å². The second-order valence-electron chi connectivity index (χ2n) is 6.68. The van der Waals surface area contributed by atoms with Crippen molar-refractivity contribution in [2.24, 2.45) is 0 Å². The smallest absolute Gasteiger partial charge is 0.163 e. The second-order valence-corrected chi connectivity index (χ2v) is 11.1. The van der Waals surface area contributed by atoms with E-state index >= 15 is 0 Å². The summed E-state index contributed by atoms with van der Waals surface area (Å²) < 4.78 is 26.2. The van der Waals surface area contributed by atoms with E-state index in [1.54, 1.807) is 0 Å². The highest BCUT2D eigenvalue weighted by molar-refractivity contribution is 9.10. The Morgan fingerprint density at radius 2 is 1.87 bits per heavy atom. The molecule has 1 aliphatic heterocycles. The topological polar surface area (TPSA) is 35.5 Å². The van der Waals surface area contributed by atoms with Crippen LogP contribution in [0.25, 0.3) is 0 Å². The van der Waals surface area contributed by atoms with Crippen molar-refractivity contribution >= 4 is 28.4 Å². The molecule has 1 aliphatic rings. The molecule has 0 aromatic heterocycles. The molecule has 0 saturated carbocycles. The lowest BCUT2D eigenvalue weighted by Crippen LogP contribution is -2.23. The lowest BCUT2D eigenvalue weighted by atomic mass is 10.2. The van der Waals surface area contributed by atoms with Crippen molar-refractivity contribution in [3.8, 4) is 11.5 Å². The summed E-state index contributed by atoms with van der Waals surface area (Å²) in [5.41, 5.74) is 1.08. The fourth-order valence-electron chi connectivity index (χ4n) is 2.61. The minimum Gasteiger partial charge on any atom is -0.488 e. The van der Waals surface area contributed by atoms with Crippen molar-refractivity contribution in [3.63, 3.8) is 0 Å². The minimum atomic E-state index is -2.71. The first-order valence-electron chi connectivity index (χ1n) is 7.55. The molecule has 3 rings (SSSR count). The Morgan fingerprint density at radius 3 is 2.52 bits per heavy atom. The van der Waals surface area contributed by atoms with Gasteiger partial charge in [0.15, 0.2) is 7.14 Å². The van der Waals surface area contributed by atoms with Crippen LogP contribution in [-0.4, -0.2) is 11.5 Å². The number of benzene rings is 2. The van der Waals surface area contributed by atoms with Crippen LogP contribution in [0.2, 0.25) is 0 Å². The molecule has 2 aromatic carbocycles. The number of hydrogen-bond donors (Lipinski definition) is 0. The van der Waals surface area contributed by atoms with E-state index < -0.39 is 7.14 Å². The van der Waals surface area contributed by atoms with Crippen LogP contribution in [0.15, 0.2) is 46.9 Å². The fraction of sp³-hybridized carbons (Fsp3) is 0.333. The lowest BCUT2D eigenvalue weighted by molar-refractivity contribution is 0.307. The van der Waals surface area contributed by atoms with Crippen molar-refractivity contribution in [3.05, 3.63) is 52.5 Å². The molecule has 0 bridgehead atoms. The SMILES string of the molecule is CC(C)(C)P1(=O)COc2c(Br)ccc(OCc3ccccc3)c21. The molecule has 0 amide bonds. The zero-order chi connectivity index (χ0) is 16.7. The summed E-state index contributed by atoms with van der Waals surface area (Å²) in [6.07, 6.45) is 0.232. The molecule has 23 heavy (non-hydrogen) atoms. The summed E-state index contributed by atoms with van der Waals surface area (Å²) in [6, 6.07) is 13.7. The van der Waals surface area contributed by atoms with E-state index in [0.717, 1.165) is 15.3 Å². The maximum Gasteiger partial charge on any atom is 0.163 e. The molecular formula is C18H20BrO3P. The van der Waals surface area contributed by atoms with E-state index in [-0.39, 0.29) is 11.5 Å². The molecule has 2 aromatic rings. The summed E-state index contributed by atoms with van der Waals surface area (Å²) >= 11 is 3.49. The van der Waals surface area contributed by atoms with Crippen LogP contribution in [0.1, 0.15) is 26.3 Å². The maximum atomic E-state index is 13.6. The fourth-order valence-corrected chi connectivity index (χ4v) is 5.71. The Kier molecular flexibility index (Phi) is 4.33. The highest BCUT2D eigenvalue weighted by Gasteiger charge is 2.48. The van der Waals surface area contributed by atoms with Crippen LogP contribution in [0.4, 0.5) is 0 Å². The molecule has 1 atom stereocenters. The van der Waals surface area contributed by atoms with Crippen LogP contribution in [0.5, 0.6) is 11.5 Å². The van der Waals surface area contributed by atoms with Gasteiger partial charge in [0, 0.05) is 5.16 Å². The molecule has 5 heteroatoms. The normalized spacial score (nSPS) is 20.0. The zero-order valence-electron chi connectivity index (χ0n) is 13.5. The molecule has 0 spiro atoms. The van der Waals surface area contributed by atoms with Gasteiger partial charge in [0.25, 0.3) is 0 Å². The Bertz CT molecular complexity index is 766. The highest BCUT2D eigenvalue weighted by Crippen LogP contribution is 2.64. The first kappa shape index (κ1) is 16.6. The number of fused-ring (bicyclic) bond motifs is 1. The maximum absolute atomic E-state index is 13.6. The van der Waals surface area contributed by atoms with E-state index in [4.69, 9.17) is 9.47 Å². The van der Waals surface area contributed by atoms with Crippen LogP contribution in [-0.2, 0) is 11.2 Å². The van der Waals surface area contributed by atoms with Gasteiger partial charge in [-0.3, -0.25) is 0 Å². The number of hydrogen-bond acceptors (Lipinski definition) is 3. The predicted octanol–water partition coefficient (Wildman–Crippen LogP) is 5.16. The quantitative estimate of drug-likeness (QED) is 0.674. The monoisotopic (exact) mass is 394 g/mol. The van der Waals surface area contributed by atoms with E-state index in [9.17, 15) is 4.57 Å². The Morgan fingerprint density at radius 1 is 1.17 bits per heavy atom. The van der Waals surface area contributed by atoms with Gasteiger partial charge in [-0.05, 0) is 33.6 Å². The third kappa shape index (κ3) is 2.95. The Balaban J connectivity index is 2.00. The summed E-state index contributed by atoms with van der Waals surface area (Å²) in [4.78, 5) is 0. The van der Waals surface area contributed by atoms with Gasteiger partial charge in [0.05, 0.1) is 4.47 Å². The summed E-state index contributed by atoms with van der Waals surface area (Å²) in [5, 5.41) is 0.361. The van der Waals surface area contributed by atoms with Gasteiger partial charge in [-0.1, -0.05) is 51.1 Å². The molecule has 0 N–H and O–H groups in total. The Hall–Kier alpha value is -1.25. The van der Waals surface area contributed by atoms with Crippen molar-refractivity contribution in [2.45, 2.75) is 32.5 Å². The number of halogens is 1. The van der Waals surface area contributed by atoms with E-state index in [1.807, 2.05) is 63.2 Å². The second kappa shape index (κ2) is 5.99. The van der Waals surface area contributed by atoms with Gasteiger partial charge < -0.3 is 14.0 Å². The van der Waals surface area contributed by atoms with E-state index in [1.165, 1.54) is 0 Å². The van der Waals surface area contributed by atoms with Crippen LogP contribution >= 0.6 is 23.1 Å². The van der Waals surface area contributed by atoms with Crippen molar-refractivity contribution in [1.82, 2.24) is 0 Å². The largest absolute Gasteiger partial charge is 0.488 e. The Labute approximate surface area is 145 Å². The zero-order valence-corrected chi connectivity index (χ0v) is 16.0. The predicted molar refractivity (Wildman–Crippen MR) is 97.4 cm³/mol.